The fraction of sp³-hybridized carbons (Fsp3) is 0.815. The molecule has 37 heavy (non-hydrogen) atoms. The van der Waals surface area contributed by atoms with Gasteiger partial charge in [-0.3, -0.25) is 14.4 Å². The molecule has 0 spiro atoms. The maximum atomic E-state index is 13.8. The Kier molecular flexibility index (Phi) is 7.31. The number of aliphatic hydroxyl groups excluding tert-OH is 1. The maximum Gasteiger partial charge on any atom is 0.248 e. The van der Waals surface area contributed by atoms with E-state index in [1.165, 1.54) is 4.90 Å². The van der Waals surface area contributed by atoms with Crippen molar-refractivity contribution in [2.75, 3.05) is 19.6 Å². The molecule has 2 N–H and O–H groups in total. The molecular weight excluding hydrogens is 472 g/mol. The Morgan fingerprint density at radius 2 is 1.89 bits per heavy atom. The molecule has 10 nitrogen and oxygen atoms in total. The number of carbonyl (C=O) groups excluding carboxylic acids is 3. The lowest BCUT2D eigenvalue weighted by Crippen LogP contribution is -2.50. The molecule has 3 atom stereocenters. The van der Waals surface area contributed by atoms with Crippen LogP contribution in [0.25, 0.3) is 0 Å². The number of β-amino-alcohol motifs (C(OH)–C–C–N with tert-alkyl or cyclic N) is 1. The van der Waals surface area contributed by atoms with Gasteiger partial charge < -0.3 is 20.2 Å². The Labute approximate surface area is 219 Å². The summed E-state index contributed by atoms with van der Waals surface area (Å²) >= 11 is 0. The van der Waals surface area contributed by atoms with E-state index >= 15 is 0 Å². The van der Waals surface area contributed by atoms with Gasteiger partial charge in [0.05, 0.1) is 11.8 Å². The standard InChI is InChI=1S/C27H42N6O4/c1-27(2,3)23(33-16-21(29-30-33)17-8-9-17)26(37)32-15-20(34)14-22(32)24(35)28-12-5-13-31(19-10-11-19)25(36)18-6-4-7-18/h16-20,22-23,34H,4-15H2,1-3H3,(H,28,35)/t20?,22?,23-/m1/s1. The fourth-order valence-electron chi connectivity index (χ4n) is 5.65. The van der Waals surface area contributed by atoms with E-state index in [4.69, 9.17) is 0 Å². The molecule has 0 radical (unpaired) electrons. The largest absolute Gasteiger partial charge is 0.391 e. The van der Waals surface area contributed by atoms with E-state index in [0.717, 1.165) is 50.6 Å². The number of likely N-dealkylation sites (tertiary alicyclic amines) is 1. The molecule has 4 fully saturated rings. The van der Waals surface area contributed by atoms with Crippen LogP contribution >= 0.6 is 0 Å². The summed E-state index contributed by atoms with van der Waals surface area (Å²) in [4.78, 5) is 43.3. The van der Waals surface area contributed by atoms with Crippen molar-refractivity contribution in [2.24, 2.45) is 11.3 Å². The molecule has 2 unspecified atom stereocenters. The van der Waals surface area contributed by atoms with Gasteiger partial charge in [0.2, 0.25) is 17.7 Å². The molecule has 0 bridgehead atoms. The molecule has 204 valence electrons. The first-order valence-electron chi connectivity index (χ1n) is 14.1. The molecule has 1 saturated heterocycles. The topological polar surface area (TPSA) is 121 Å². The molecule has 10 heteroatoms. The van der Waals surface area contributed by atoms with Crippen LogP contribution < -0.4 is 5.32 Å². The van der Waals surface area contributed by atoms with Crippen molar-refractivity contribution in [1.82, 2.24) is 30.1 Å². The molecule has 1 aromatic rings. The van der Waals surface area contributed by atoms with Gasteiger partial charge in [0.1, 0.15) is 12.1 Å². The molecule has 4 aliphatic rings. The average Bonchev–Trinajstić information content (AvgIpc) is 3.72. The third-order valence-corrected chi connectivity index (χ3v) is 8.31. The van der Waals surface area contributed by atoms with Crippen LogP contribution in [0.3, 0.4) is 0 Å². The highest BCUT2D eigenvalue weighted by Gasteiger charge is 2.45. The Balaban J connectivity index is 1.19. The summed E-state index contributed by atoms with van der Waals surface area (Å²) in [5.74, 6) is 0.426. The smallest absolute Gasteiger partial charge is 0.248 e. The number of amides is 3. The van der Waals surface area contributed by atoms with Crippen LogP contribution in [0.1, 0.15) is 96.2 Å². The quantitative estimate of drug-likeness (QED) is 0.461. The number of rotatable bonds is 10. The summed E-state index contributed by atoms with van der Waals surface area (Å²) in [5.41, 5.74) is 0.452. The summed E-state index contributed by atoms with van der Waals surface area (Å²) < 4.78 is 1.64. The Bertz CT molecular complexity index is 1010. The normalized spacial score (nSPS) is 25.0. The number of nitrogens with one attached hydrogen (secondary N) is 1. The zero-order chi connectivity index (χ0) is 26.3. The van der Waals surface area contributed by atoms with Gasteiger partial charge >= 0.3 is 0 Å². The van der Waals surface area contributed by atoms with E-state index in [2.05, 4.69) is 15.6 Å². The molecule has 1 aromatic heterocycles. The number of aliphatic hydroxyl groups is 1. The highest BCUT2D eigenvalue weighted by atomic mass is 16.3. The lowest BCUT2D eigenvalue weighted by Gasteiger charge is -2.34. The van der Waals surface area contributed by atoms with E-state index in [1.807, 2.05) is 31.9 Å². The van der Waals surface area contributed by atoms with Gasteiger partial charge in [0.25, 0.3) is 0 Å². The molecule has 1 aliphatic heterocycles. The van der Waals surface area contributed by atoms with E-state index < -0.39 is 23.6 Å². The van der Waals surface area contributed by atoms with E-state index in [0.29, 0.717) is 31.5 Å². The van der Waals surface area contributed by atoms with Gasteiger partial charge in [-0.2, -0.15) is 0 Å². The first-order chi connectivity index (χ1) is 17.6. The monoisotopic (exact) mass is 514 g/mol. The second kappa shape index (κ2) is 10.3. The zero-order valence-corrected chi connectivity index (χ0v) is 22.4. The van der Waals surface area contributed by atoms with Crippen LogP contribution in [-0.4, -0.2) is 85.4 Å². The summed E-state index contributed by atoms with van der Waals surface area (Å²) in [7, 11) is 0. The summed E-state index contributed by atoms with van der Waals surface area (Å²) in [6, 6.07) is -0.985. The minimum Gasteiger partial charge on any atom is -0.391 e. The van der Waals surface area contributed by atoms with Gasteiger partial charge in [-0.05, 0) is 50.4 Å². The number of carbonyl (C=O) groups is 3. The van der Waals surface area contributed by atoms with Crippen molar-refractivity contribution in [3.63, 3.8) is 0 Å². The second-order valence-corrected chi connectivity index (χ2v) is 12.6. The maximum absolute atomic E-state index is 13.8. The zero-order valence-electron chi connectivity index (χ0n) is 22.4. The fourth-order valence-corrected chi connectivity index (χ4v) is 5.65. The molecule has 2 heterocycles. The van der Waals surface area contributed by atoms with E-state index in [1.54, 1.807) is 4.68 Å². The summed E-state index contributed by atoms with van der Waals surface area (Å²) in [5, 5.41) is 22.0. The summed E-state index contributed by atoms with van der Waals surface area (Å²) in [6.45, 7) is 7.15. The lowest BCUT2D eigenvalue weighted by molar-refractivity contribution is -0.144. The van der Waals surface area contributed by atoms with Crippen molar-refractivity contribution >= 4 is 17.7 Å². The van der Waals surface area contributed by atoms with Crippen LogP contribution in [0, 0.1) is 11.3 Å². The Morgan fingerprint density at radius 3 is 2.49 bits per heavy atom. The van der Waals surface area contributed by atoms with Gasteiger partial charge in [-0.1, -0.05) is 32.4 Å². The van der Waals surface area contributed by atoms with Crippen molar-refractivity contribution in [2.45, 2.75) is 109 Å². The highest BCUT2D eigenvalue weighted by molar-refractivity contribution is 5.90. The third kappa shape index (κ3) is 5.84. The molecule has 3 saturated carbocycles. The minimum absolute atomic E-state index is 0.124. The van der Waals surface area contributed by atoms with Crippen molar-refractivity contribution in [3.05, 3.63) is 11.9 Å². The number of nitrogens with zero attached hydrogens (tertiary/aromatic N) is 5. The second-order valence-electron chi connectivity index (χ2n) is 12.6. The molecule has 3 aliphatic carbocycles. The van der Waals surface area contributed by atoms with Gasteiger partial charge in [0.15, 0.2) is 0 Å². The average molecular weight is 515 g/mol. The summed E-state index contributed by atoms with van der Waals surface area (Å²) in [6.07, 6.45) is 9.49. The number of aromatic nitrogens is 3. The Hall–Kier alpha value is -2.49. The predicted octanol–water partition coefficient (Wildman–Crippen LogP) is 2.00. The van der Waals surface area contributed by atoms with Crippen molar-refractivity contribution in [1.29, 1.82) is 0 Å². The van der Waals surface area contributed by atoms with Crippen LogP contribution in [0.5, 0.6) is 0 Å². The van der Waals surface area contributed by atoms with Crippen LogP contribution in [0.2, 0.25) is 0 Å². The van der Waals surface area contributed by atoms with E-state index in [9.17, 15) is 19.5 Å². The van der Waals surface area contributed by atoms with Crippen LogP contribution in [-0.2, 0) is 14.4 Å². The van der Waals surface area contributed by atoms with Crippen LogP contribution in [0.4, 0.5) is 0 Å². The molecule has 5 rings (SSSR count). The lowest BCUT2D eigenvalue weighted by atomic mass is 9.84. The van der Waals surface area contributed by atoms with Crippen molar-refractivity contribution in [3.8, 4) is 0 Å². The third-order valence-electron chi connectivity index (χ3n) is 8.31. The predicted molar refractivity (Wildman–Crippen MR) is 136 cm³/mol. The first kappa shape index (κ1) is 26.1. The number of hydrogen-bond donors (Lipinski definition) is 2. The number of hydrogen-bond acceptors (Lipinski definition) is 6. The molecule has 3 amide bonds. The van der Waals surface area contributed by atoms with Crippen LogP contribution in [0.15, 0.2) is 6.20 Å². The van der Waals surface area contributed by atoms with Gasteiger partial charge in [-0.15, -0.1) is 5.10 Å². The SMILES string of the molecule is CC(C)(C)[C@@H](C(=O)N1CC(O)CC1C(=O)NCCCN(C(=O)C1CCC1)C1CC1)n1cc(C2CC2)nn1. The van der Waals surface area contributed by atoms with Gasteiger partial charge in [0, 0.05) is 50.1 Å². The van der Waals surface area contributed by atoms with Crippen molar-refractivity contribution < 1.29 is 19.5 Å². The molecule has 0 aromatic carbocycles. The minimum atomic E-state index is -0.747. The first-order valence-corrected chi connectivity index (χ1v) is 14.1. The molecular formula is C27H42N6O4. The highest BCUT2D eigenvalue weighted by Crippen LogP contribution is 2.40. The Morgan fingerprint density at radius 1 is 1.16 bits per heavy atom. The van der Waals surface area contributed by atoms with Gasteiger partial charge in [-0.25, -0.2) is 4.68 Å². The van der Waals surface area contributed by atoms with E-state index in [-0.39, 0.29) is 36.6 Å².